The second kappa shape index (κ2) is 12.1. The van der Waals surface area contributed by atoms with Crippen molar-refractivity contribution in [1.82, 2.24) is 9.88 Å². The van der Waals surface area contributed by atoms with E-state index in [0.717, 1.165) is 6.07 Å². The van der Waals surface area contributed by atoms with Gasteiger partial charge in [0.2, 0.25) is 5.91 Å². The number of alkyl halides is 6. The van der Waals surface area contributed by atoms with Crippen LogP contribution in [0.15, 0.2) is 71.7 Å². The van der Waals surface area contributed by atoms with Crippen LogP contribution in [0.25, 0.3) is 11.1 Å². The lowest BCUT2D eigenvalue weighted by atomic mass is 9.91. The van der Waals surface area contributed by atoms with Crippen molar-refractivity contribution in [3.8, 4) is 22.6 Å². The van der Waals surface area contributed by atoms with E-state index in [9.17, 15) is 46.1 Å². The number of amides is 1. The van der Waals surface area contributed by atoms with Gasteiger partial charge >= 0.3 is 12.4 Å². The molecule has 1 amide bonds. The fourth-order valence-electron chi connectivity index (χ4n) is 5.33. The molecule has 242 valence electrons. The normalized spacial score (nSPS) is 16.9. The lowest BCUT2D eigenvalue weighted by molar-refractivity contribution is -0.140. The third-order valence-corrected chi connectivity index (χ3v) is 7.63. The highest BCUT2D eigenvalue weighted by Crippen LogP contribution is 2.43. The number of carbonyl (C=O) groups excluding carboxylic acids is 1. The molecule has 0 aliphatic carbocycles. The zero-order chi connectivity index (χ0) is 33.7. The van der Waals surface area contributed by atoms with Crippen LogP contribution in [0.2, 0.25) is 5.02 Å². The molecule has 0 saturated carbocycles. The monoisotopic (exact) mass is 670 g/mol. The molecule has 0 unspecified atom stereocenters. The van der Waals surface area contributed by atoms with Crippen molar-refractivity contribution in [3.05, 3.63) is 116 Å². The van der Waals surface area contributed by atoms with Crippen LogP contribution in [0.3, 0.4) is 0 Å². The summed E-state index contributed by atoms with van der Waals surface area (Å²) in [6.07, 6.45) is -12.9. The van der Waals surface area contributed by atoms with Crippen LogP contribution in [-0.4, -0.2) is 27.0 Å². The van der Waals surface area contributed by atoms with Crippen molar-refractivity contribution >= 4 is 17.5 Å². The van der Waals surface area contributed by atoms with Gasteiger partial charge in [0, 0.05) is 29.8 Å². The molecule has 2 atom stereocenters. The van der Waals surface area contributed by atoms with E-state index in [1.165, 1.54) is 30.3 Å². The zero-order valence-corrected chi connectivity index (χ0v) is 24.1. The SMILES string of the molecule is Cc1cccc2c1-c1cc(c(F)c(C(F)(F)F)c1)[C@@H](CC(O)O)NC(=O)[C@H](n1cc(Cl)c(C(F)(F)F)cc1=O)c1cccc(c1)O2. The van der Waals surface area contributed by atoms with Gasteiger partial charge in [0.25, 0.3) is 5.56 Å². The number of halogens is 8. The number of aryl methyl sites for hydroxylation is 1. The average Bonchev–Trinajstić information content (AvgIpc) is 2.93. The number of pyridine rings is 1. The van der Waals surface area contributed by atoms with Crippen molar-refractivity contribution in [1.29, 1.82) is 0 Å². The number of benzene rings is 3. The molecule has 7 nitrogen and oxygen atoms in total. The summed E-state index contributed by atoms with van der Waals surface area (Å²) in [7, 11) is 0. The van der Waals surface area contributed by atoms with Crippen LogP contribution in [0, 0.1) is 12.7 Å². The molecule has 4 bridgehead atoms. The number of nitrogens with one attached hydrogen (secondary N) is 1. The first-order chi connectivity index (χ1) is 21.5. The van der Waals surface area contributed by atoms with Crippen LogP contribution in [0.1, 0.15) is 46.3 Å². The summed E-state index contributed by atoms with van der Waals surface area (Å²) < 4.78 is 105. The molecule has 4 aromatic rings. The zero-order valence-electron chi connectivity index (χ0n) is 23.4. The fraction of sp³-hybridized carbons (Fsp3) is 0.226. The molecule has 0 saturated heterocycles. The first-order valence-electron chi connectivity index (χ1n) is 13.4. The quantitative estimate of drug-likeness (QED) is 0.163. The molecule has 3 aromatic carbocycles. The number of hydrogen-bond acceptors (Lipinski definition) is 5. The molecule has 15 heteroatoms. The maximum absolute atomic E-state index is 15.7. The minimum atomic E-state index is -5.24. The summed E-state index contributed by atoms with van der Waals surface area (Å²) in [6, 6.07) is 8.00. The van der Waals surface area contributed by atoms with Crippen LogP contribution >= 0.6 is 11.6 Å². The Morgan fingerprint density at radius 3 is 2.28 bits per heavy atom. The van der Waals surface area contributed by atoms with Gasteiger partial charge in [0.05, 0.1) is 22.2 Å². The number of rotatable bonds is 3. The van der Waals surface area contributed by atoms with Crippen molar-refractivity contribution in [2.75, 3.05) is 0 Å². The molecule has 1 aliphatic rings. The number of nitrogens with zero attached hydrogens (tertiary/aromatic N) is 1. The Labute approximate surface area is 260 Å². The number of hydrogen-bond donors (Lipinski definition) is 3. The molecule has 1 aliphatic heterocycles. The predicted octanol–water partition coefficient (Wildman–Crippen LogP) is 6.91. The van der Waals surface area contributed by atoms with Crippen LogP contribution in [0.5, 0.6) is 11.5 Å². The maximum Gasteiger partial charge on any atom is 0.419 e. The minimum absolute atomic E-state index is 0.0198. The summed E-state index contributed by atoms with van der Waals surface area (Å²) in [4.78, 5) is 27.0. The largest absolute Gasteiger partial charge is 0.457 e. The van der Waals surface area contributed by atoms with Gasteiger partial charge in [-0.3, -0.25) is 14.2 Å². The Balaban J connectivity index is 1.83. The second-order valence-corrected chi connectivity index (χ2v) is 10.9. The van der Waals surface area contributed by atoms with E-state index in [0.29, 0.717) is 22.4 Å². The fourth-order valence-corrected chi connectivity index (χ4v) is 5.59. The number of aliphatic hydroxyl groups excluding tert-OH is 1. The summed E-state index contributed by atoms with van der Waals surface area (Å²) >= 11 is 5.87. The van der Waals surface area contributed by atoms with Gasteiger partial charge in [-0.1, -0.05) is 35.9 Å². The molecule has 5 rings (SSSR count). The average molecular weight is 671 g/mol. The third kappa shape index (κ3) is 6.46. The van der Waals surface area contributed by atoms with Gasteiger partial charge in [-0.25, -0.2) is 4.39 Å². The van der Waals surface area contributed by atoms with Gasteiger partial charge in [-0.05, 0) is 53.9 Å². The van der Waals surface area contributed by atoms with Crippen LogP contribution in [0.4, 0.5) is 30.7 Å². The molecule has 1 aromatic heterocycles. The Morgan fingerprint density at radius 1 is 0.957 bits per heavy atom. The number of ether oxygens (including phenoxy) is 1. The molecule has 0 spiro atoms. The molecule has 0 radical (unpaired) electrons. The standard InChI is InChI=1S/C31H22ClF7N2O5/c1-14-4-2-7-23-26(14)16-9-18(27(33)20(10-16)31(37,38)39)22(12-25(43)44)40-29(45)28(15-5-3-6-17(8-15)46-23)41-13-21(32)19(11-24(41)42)30(34,35)36/h2-11,13,22,25,28,43-44H,12H2,1H3,(H,40,45)/t22-,28-/m1/s1. The van der Waals surface area contributed by atoms with E-state index in [-0.39, 0.29) is 34.3 Å². The number of fused-ring (bicyclic) bond motifs is 6. The Bertz CT molecular complexity index is 1890. The lowest BCUT2D eigenvalue weighted by Crippen LogP contribution is -2.41. The first-order valence-corrected chi connectivity index (χ1v) is 13.8. The van der Waals surface area contributed by atoms with Crippen molar-refractivity contribution in [3.63, 3.8) is 0 Å². The topological polar surface area (TPSA) is 101 Å². The smallest absolute Gasteiger partial charge is 0.419 e. The highest BCUT2D eigenvalue weighted by atomic mass is 35.5. The summed E-state index contributed by atoms with van der Waals surface area (Å²) in [5, 5.41) is 21.0. The summed E-state index contributed by atoms with van der Waals surface area (Å²) in [5.41, 5.74) is -5.02. The van der Waals surface area contributed by atoms with Crippen LogP contribution < -0.4 is 15.6 Å². The van der Waals surface area contributed by atoms with Gasteiger partial charge in [-0.2, -0.15) is 26.3 Å². The summed E-state index contributed by atoms with van der Waals surface area (Å²) in [5.74, 6) is -3.01. The number of carbonyl (C=O) groups is 1. The van der Waals surface area contributed by atoms with E-state index in [1.54, 1.807) is 19.1 Å². The Hall–Kier alpha value is -4.40. The van der Waals surface area contributed by atoms with Crippen molar-refractivity contribution in [2.45, 2.75) is 44.1 Å². The highest BCUT2D eigenvalue weighted by Gasteiger charge is 2.39. The summed E-state index contributed by atoms with van der Waals surface area (Å²) in [6.45, 7) is 1.57. The van der Waals surface area contributed by atoms with Gasteiger partial charge in [0.15, 0.2) is 6.29 Å². The predicted molar refractivity (Wildman–Crippen MR) is 151 cm³/mol. The van der Waals surface area contributed by atoms with Crippen molar-refractivity contribution < 1.29 is 50.5 Å². The second-order valence-electron chi connectivity index (χ2n) is 10.5. The van der Waals surface area contributed by atoms with E-state index in [4.69, 9.17) is 16.3 Å². The molecular weight excluding hydrogens is 649 g/mol. The maximum atomic E-state index is 15.7. The Kier molecular flexibility index (Phi) is 8.66. The third-order valence-electron chi connectivity index (χ3n) is 7.33. The van der Waals surface area contributed by atoms with Gasteiger partial charge in [-0.15, -0.1) is 0 Å². The molecule has 46 heavy (non-hydrogen) atoms. The first kappa shape index (κ1) is 33.0. The van der Waals surface area contributed by atoms with Crippen LogP contribution in [-0.2, 0) is 17.1 Å². The van der Waals surface area contributed by atoms with Crippen molar-refractivity contribution in [2.24, 2.45) is 0 Å². The number of aromatic nitrogens is 1. The number of aliphatic hydroxyl groups is 2. The minimum Gasteiger partial charge on any atom is -0.457 e. The van der Waals surface area contributed by atoms with Gasteiger partial charge < -0.3 is 20.3 Å². The van der Waals surface area contributed by atoms with Gasteiger partial charge in [0.1, 0.15) is 23.4 Å². The highest BCUT2D eigenvalue weighted by molar-refractivity contribution is 6.31. The van der Waals surface area contributed by atoms with E-state index >= 15 is 4.39 Å². The molecule has 0 fully saturated rings. The molecule has 2 heterocycles. The molecular formula is C31H22ClF7N2O5. The van der Waals surface area contributed by atoms with E-state index in [1.807, 2.05) is 0 Å². The molecule has 3 N–H and O–H groups in total. The van der Waals surface area contributed by atoms with E-state index in [2.05, 4.69) is 5.32 Å². The van der Waals surface area contributed by atoms with E-state index < -0.39 is 76.1 Å². The Morgan fingerprint density at radius 2 is 1.63 bits per heavy atom. The lowest BCUT2D eigenvalue weighted by Gasteiger charge is -2.27.